The van der Waals surface area contributed by atoms with Gasteiger partial charge in [-0.1, -0.05) is 84.9 Å². The normalized spacial score (nSPS) is 11.8. The van der Waals surface area contributed by atoms with Crippen LogP contribution in [0.1, 0.15) is 5.56 Å². The van der Waals surface area contributed by atoms with Crippen LogP contribution in [0.2, 0.25) is 0 Å². The summed E-state index contributed by atoms with van der Waals surface area (Å²) in [6.45, 7) is 0. The molecule has 53 heavy (non-hydrogen) atoms. The number of hydrogen-bond acceptors (Lipinski definition) is 2. The SMILES string of the molecule is N#Cc1ccc2oc3ccc(-c4ccc5c(c4)c4cc(-c6cccc7c6c6ccccc6n7-c6ccccc6)ccc4n5-c4ccccc4)cc3c2c1. The first-order valence-electron chi connectivity index (χ1n) is 17.8. The third-order valence-electron chi connectivity index (χ3n) is 10.7. The van der Waals surface area contributed by atoms with Gasteiger partial charge in [-0.15, -0.1) is 0 Å². The maximum Gasteiger partial charge on any atom is 0.135 e. The minimum absolute atomic E-state index is 0.622. The molecule has 3 heterocycles. The Labute approximate surface area is 304 Å². The molecule has 0 spiro atoms. The molecule has 0 saturated carbocycles. The summed E-state index contributed by atoms with van der Waals surface area (Å²) >= 11 is 0. The van der Waals surface area contributed by atoms with Gasteiger partial charge in [0.1, 0.15) is 11.2 Å². The highest BCUT2D eigenvalue weighted by atomic mass is 16.3. The van der Waals surface area contributed by atoms with E-state index in [-0.39, 0.29) is 0 Å². The number of rotatable bonds is 4. The Hall–Kier alpha value is -7.35. The molecular weight excluding hydrogens is 647 g/mol. The number of hydrogen-bond donors (Lipinski definition) is 0. The Bertz CT molecular complexity index is 3280. The number of furan rings is 1. The van der Waals surface area contributed by atoms with E-state index in [1.165, 1.54) is 43.7 Å². The standard InChI is InChI=1S/C49H29N3O/c50-30-31-18-24-47-41(26-31)42-28-33(21-25-48(42)53-47)32-19-22-44-39(27-32)40-29-34(20-23-45(40)51(44)35-10-3-1-4-11-35)37-15-9-17-46-49(37)38-14-7-8-16-43(38)52(46)36-12-5-2-6-13-36/h1-29H. The topological polar surface area (TPSA) is 46.8 Å². The van der Waals surface area contributed by atoms with Gasteiger partial charge < -0.3 is 13.6 Å². The molecule has 0 bridgehead atoms. The summed E-state index contributed by atoms with van der Waals surface area (Å²) in [6.07, 6.45) is 0. The van der Waals surface area contributed by atoms with Gasteiger partial charge in [-0.2, -0.15) is 5.26 Å². The van der Waals surface area contributed by atoms with Crippen LogP contribution >= 0.6 is 0 Å². The Morgan fingerprint density at radius 1 is 0.396 bits per heavy atom. The van der Waals surface area contributed by atoms with Crippen LogP contribution in [0.4, 0.5) is 0 Å². The highest BCUT2D eigenvalue weighted by Crippen LogP contribution is 2.42. The third-order valence-corrected chi connectivity index (χ3v) is 10.7. The lowest BCUT2D eigenvalue weighted by molar-refractivity contribution is 0.669. The number of nitrogens with zero attached hydrogens (tertiary/aromatic N) is 3. The minimum atomic E-state index is 0.622. The number of benzene rings is 8. The molecule has 246 valence electrons. The molecule has 0 aliphatic carbocycles. The fourth-order valence-electron chi connectivity index (χ4n) is 8.37. The van der Waals surface area contributed by atoms with Gasteiger partial charge in [0, 0.05) is 43.7 Å². The molecule has 11 rings (SSSR count). The fraction of sp³-hybridized carbons (Fsp3) is 0. The lowest BCUT2D eigenvalue weighted by atomic mass is 9.97. The van der Waals surface area contributed by atoms with Crippen molar-refractivity contribution in [2.45, 2.75) is 0 Å². The molecule has 4 nitrogen and oxygen atoms in total. The van der Waals surface area contributed by atoms with E-state index in [4.69, 9.17) is 4.42 Å². The Morgan fingerprint density at radius 2 is 0.925 bits per heavy atom. The molecule has 0 aliphatic heterocycles. The van der Waals surface area contributed by atoms with Crippen molar-refractivity contribution in [3.63, 3.8) is 0 Å². The van der Waals surface area contributed by atoms with Crippen molar-refractivity contribution < 1.29 is 4.42 Å². The van der Waals surface area contributed by atoms with Crippen molar-refractivity contribution in [2.75, 3.05) is 0 Å². The quantitative estimate of drug-likeness (QED) is 0.186. The van der Waals surface area contributed by atoms with E-state index in [1.54, 1.807) is 6.07 Å². The molecule has 0 N–H and O–H groups in total. The van der Waals surface area contributed by atoms with Crippen LogP contribution in [-0.4, -0.2) is 9.13 Å². The summed E-state index contributed by atoms with van der Waals surface area (Å²) < 4.78 is 10.9. The molecule has 0 saturated heterocycles. The van der Waals surface area contributed by atoms with Gasteiger partial charge in [0.2, 0.25) is 0 Å². The molecule has 11 aromatic rings. The zero-order valence-corrected chi connectivity index (χ0v) is 28.5. The molecule has 0 atom stereocenters. The second kappa shape index (κ2) is 11.3. The van der Waals surface area contributed by atoms with Gasteiger partial charge in [-0.25, -0.2) is 0 Å². The van der Waals surface area contributed by atoms with E-state index >= 15 is 0 Å². The summed E-state index contributed by atoms with van der Waals surface area (Å²) in [5, 5.41) is 16.4. The van der Waals surface area contributed by atoms with E-state index in [0.717, 1.165) is 55.5 Å². The van der Waals surface area contributed by atoms with Crippen molar-refractivity contribution in [1.82, 2.24) is 9.13 Å². The first kappa shape index (κ1) is 29.4. The number of fused-ring (bicyclic) bond motifs is 9. The Kier molecular flexibility index (Phi) is 6.28. The van der Waals surface area contributed by atoms with E-state index in [9.17, 15) is 5.26 Å². The number of nitriles is 1. The Balaban J connectivity index is 1.16. The largest absolute Gasteiger partial charge is 0.456 e. The van der Waals surface area contributed by atoms with E-state index in [1.807, 2.05) is 18.2 Å². The van der Waals surface area contributed by atoms with Crippen molar-refractivity contribution in [3.8, 4) is 39.7 Å². The predicted molar refractivity (Wildman–Crippen MR) is 218 cm³/mol. The first-order valence-corrected chi connectivity index (χ1v) is 17.8. The second-order valence-electron chi connectivity index (χ2n) is 13.7. The predicted octanol–water partition coefficient (Wildman–Crippen LogP) is 13.0. The van der Waals surface area contributed by atoms with Crippen LogP contribution in [-0.2, 0) is 0 Å². The minimum Gasteiger partial charge on any atom is -0.456 e. The summed E-state index contributed by atoms with van der Waals surface area (Å²) in [5.41, 5.74) is 13.8. The van der Waals surface area contributed by atoms with E-state index < -0.39 is 0 Å². The summed E-state index contributed by atoms with van der Waals surface area (Å²) in [5.74, 6) is 0. The zero-order valence-electron chi connectivity index (χ0n) is 28.5. The molecule has 4 heteroatoms. The van der Waals surface area contributed by atoms with Crippen LogP contribution < -0.4 is 0 Å². The van der Waals surface area contributed by atoms with Crippen LogP contribution in [0, 0.1) is 11.3 Å². The van der Waals surface area contributed by atoms with Crippen LogP contribution in [0.3, 0.4) is 0 Å². The molecular formula is C49H29N3O. The smallest absolute Gasteiger partial charge is 0.135 e. The molecule has 0 fully saturated rings. The van der Waals surface area contributed by atoms with Crippen molar-refractivity contribution in [3.05, 3.63) is 181 Å². The van der Waals surface area contributed by atoms with Crippen molar-refractivity contribution in [2.24, 2.45) is 0 Å². The third kappa shape index (κ3) is 4.41. The van der Waals surface area contributed by atoms with Crippen LogP contribution in [0.5, 0.6) is 0 Å². The van der Waals surface area contributed by atoms with Gasteiger partial charge >= 0.3 is 0 Å². The average molecular weight is 676 g/mol. The van der Waals surface area contributed by atoms with Gasteiger partial charge in [-0.3, -0.25) is 0 Å². The Morgan fingerprint density at radius 3 is 1.64 bits per heavy atom. The highest BCUT2D eigenvalue weighted by Gasteiger charge is 2.19. The maximum atomic E-state index is 9.57. The van der Waals surface area contributed by atoms with E-state index in [0.29, 0.717) is 5.56 Å². The van der Waals surface area contributed by atoms with Crippen molar-refractivity contribution in [1.29, 1.82) is 5.26 Å². The summed E-state index contributed by atoms with van der Waals surface area (Å²) in [7, 11) is 0. The molecule has 0 amide bonds. The number of para-hydroxylation sites is 3. The lowest BCUT2D eigenvalue weighted by Crippen LogP contribution is -1.93. The lowest BCUT2D eigenvalue weighted by Gasteiger charge is -2.10. The molecule has 3 aromatic heterocycles. The molecule has 8 aromatic carbocycles. The maximum absolute atomic E-state index is 9.57. The fourth-order valence-corrected chi connectivity index (χ4v) is 8.37. The van der Waals surface area contributed by atoms with Crippen LogP contribution in [0.25, 0.3) is 99.2 Å². The second-order valence-corrected chi connectivity index (χ2v) is 13.7. The van der Waals surface area contributed by atoms with E-state index in [2.05, 4.69) is 167 Å². The zero-order chi connectivity index (χ0) is 35.0. The molecule has 0 unspecified atom stereocenters. The number of aromatic nitrogens is 2. The highest BCUT2D eigenvalue weighted by molar-refractivity contribution is 6.18. The van der Waals surface area contributed by atoms with Crippen LogP contribution in [0.15, 0.2) is 180 Å². The molecule has 0 aliphatic rings. The van der Waals surface area contributed by atoms with Gasteiger partial charge in [0.25, 0.3) is 0 Å². The average Bonchev–Trinajstić information content (AvgIpc) is 3.88. The molecule has 0 radical (unpaired) electrons. The van der Waals surface area contributed by atoms with Gasteiger partial charge in [0.15, 0.2) is 0 Å². The van der Waals surface area contributed by atoms with Crippen molar-refractivity contribution >= 4 is 65.6 Å². The van der Waals surface area contributed by atoms with Gasteiger partial charge in [0.05, 0.1) is 33.7 Å². The first-order chi connectivity index (χ1) is 26.2. The summed E-state index contributed by atoms with van der Waals surface area (Å²) in [4.78, 5) is 0. The summed E-state index contributed by atoms with van der Waals surface area (Å²) in [6, 6.07) is 64.6. The monoisotopic (exact) mass is 675 g/mol. The van der Waals surface area contributed by atoms with Gasteiger partial charge in [-0.05, 0) is 113 Å².